The number of hydrogen-bond acceptors (Lipinski definition) is 2. The van der Waals surface area contributed by atoms with E-state index in [2.05, 4.69) is 23.6 Å². The molecule has 0 unspecified atom stereocenters. The van der Waals surface area contributed by atoms with Gasteiger partial charge in [0.05, 0.1) is 0 Å². The molecular weight excluding hydrogens is 360 g/mol. The first-order chi connectivity index (χ1) is 7.39. The normalized spacial score (nSPS) is 17.4. The second kappa shape index (κ2) is 10.5. The molecule has 0 atom stereocenters. The molecule has 1 rings (SSSR count). The Balaban J connectivity index is 0. The first-order valence-corrected chi connectivity index (χ1v) is 11.8. The molecule has 0 aromatic heterocycles. The van der Waals surface area contributed by atoms with Crippen LogP contribution in [0, 0.1) is 0 Å². The third-order valence-electron chi connectivity index (χ3n) is 1.72. The molecule has 0 bridgehead atoms. The van der Waals surface area contributed by atoms with Gasteiger partial charge in [-0.15, -0.1) is 0 Å². The zero-order valence-electron chi connectivity index (χ0n) is 9.21. The summed E-state index contributed by atoms with van der Waals surface area (Å²) < 4.78 is 1.16. The van der Waals surface area contributed by atoms with Crippen molar-refractivity contribution >= 4 is 37.1 Å². The topological polar surface area (TPSA) is 121 Å². The van der Waals surface area contributed by atoms with E-state index < -0.39 is 13.4 Å². The Kier molecular flexibility index (Phi) is 12.9. The van der Waals surface area contributed by atoms with Crippen molar-refractivity contribution in [1.82, 2.24) is 0 Å². The van der Waals surface area contributed by atoms with Gasteiger partial charge in [0, 0.05) is 0 Å². The second-order valence-electron chi connectivity index (χ2n) is 3.53. The predicted molar refractivity (Wildman–Crippen MR) is 68.7 cm³/mol. The summed E-state index contributed by atoms with van der Waals surface area (Å²) in [4.78, 5) is 45.3. The summed E-state index contributed by atoms with van der Waals surface area (Å²) in [6, 6.07) is 0. The van der Waals surface area contributed by atoms with E-state index in [9.17, 15) is 0 Å². The van der Waals surface area contributed by atoms with Gasteiger partial charge < -0.3 is 29.4 Å². The molecule has 6 N–H and O–H groups in total. The number of rotatable bonds is 0. The summed E-state index contributed by atoms with van der Waals surface area (Å²) in [7, 11) is 0. The fraction of sp³-hybridized carbons (Fsp3) is 1.00. The minimum absolute atomic E-state index is 1.16. The van der Waals surface area contributed by atoms with Gasteiger partial charge in [-0.05, 0) is 23.6 Å². The quantitative estimate of drug-likeness (QED) is 0.269. The summed E-state index contributed by atoms with van der Waals surface area (Å²) in [5.74, 6) is 0. The third kappa shape index (κ3) is 46.4. The Hall–Kier alpha value is 1.68. The standard InChI is InChI=1S/C6H11.2H3O3PS.Zn/c1-2-4-6-5-3-1;2*1-4(2,3)5;/h1H,2-6H2;2*(H3,1,2,3,5);. The van der Waals surface area contributed by atoms with Crippen molar-refractivity contribution < 1.29 is 47.7 Å². The second-order valence-corrected chi connectivity index (χ2v) is 10.9. The van der Waals surface area contributed by atoms with Crippen molar-refractivity contribution in [3.8, 4) is 0 Å². The van der Waals surface area contributed by atoms with Gasteiger partial charge in [-0.3, -0.25) is 0 Å². The average molecular weight is 377 g/mol. The number of hydrogen-bond donors (Lipinski definition) is 6. The predicted octanol–water partition coefficient (Wildman–Crippen LogP) is 0.661. The Morgan fingerprint density at radius 2 is 1.00 bits per heavy atom. The summed E-state index contributed by atoms with van der Waals surface area (Å²) >= 11 is 8.75. The average Bonchev–Trinajstić information content (AvgIpc) is 1.98. The van der Waals surface area contributed by atoms with Gasteiger partial charge in [0.1, 0.15) is 0 Å². The van der Waals surface area contributed by atoms with Gasteiger partial charge in [-0.25, -0.2) is 0 Å². The van der Waals surface area contributed by atoms with E-state index in [0.717, 1.165) is 4.51 Å². The van der Waals surface area contributed by atoms with Gasteiger partial charge >= 0.3 is 68.4 Å². The fourth-order valence-electron chi connectivity index (χ4n) is 1.19. The van der Waals surface area contributed by atoms with E-state index >= 15 is 0 Å². The van der Waals surface area contributed by atoms with Crippen LogP contribution in [-0.2, 0) is 41.9 Å². The minimum atomic E-state index is -3.81. The van der Waals surface area contributed by atoms with Crippen molar-refractivity contribution in [2.45, 2.75) is 36.6 Å². The Labute approximate surface area is 121 Å². The van der Waals surface area contributed by atoms with E-state index in [4.69, 9.17) is 29.4 Å². The molecule has 0 aromatic carbocycles. The van der Waals surface area contributed by atoms with Crippen LogP contribution in [0.25, 0.3) is 0 Å². The van der Waals surface area contributed by atoms with Crippen LogP contribution in [0.15, 0.2) is 0 Å². The molecule has 0 amide bonds. The summed E-state index contributed by atoms with van der Waals surface area (Å²) in [5.41, 5.74) is 0. The van der Waals surface area contributed by atoms with Gasteiger partial charge in [-0.1, -0.05) is 0 Å². The third-order valence-corrected chi connectivity index (χ3v) is 3.44. The molecule has 0 spiro atoms. The van der Waals surface area contributed by atoms with Crippen LogP contribution in [0.5, 0.6) is 0 Å². The van der Waals surface area contributed by atoms with Crippen LogP contribution in [0.3, 0.4) is 0 Å². The summed E-state index contributed by atoms with van der Waals surface area (Å²) in [5, 5.41) is 0. The zero-order chi connectivity index (χ0) is 14.1. The monoisotopic (exact) mass is 375 g/mol. The SMILES string of the molecule is OP(O)(O)=S.OP(O)(O)=S.[Zn][CH]1CCCCC1. The first-order valence-electron chi connectivity index (χ1n) is 4.79. The molecule has 0 aromatic rings. The van der Waals surface area contributed by atoms with Crippen molar-refractivity contribution in [2.24, 2.45) is 0 Å². The maximum atomic E-state index is 7.56. The molecule has 1 fully saturated rings. The van der Waals surface area contributed by atoms with E-state index in [0.29, 0.717) is 0 Å². The molecule has 1 aliphatic rings. The van der Waals surface area contributed by atoms with Crippen LogP contribution in [0.2, 0.25) is 4.51 Å². The van der Waals surface area contributed by atoms with Crippen LogP contribution in [-0.4, -0.2) is 29.4 Å². The van der Waals surface area contributed by atoms with E-state index in [1.54, 1.807) is 31.1 Å². The van der Waals surface area contributed by atoms with Crippen LogP contribution in [0.1, 0.15) is 32.1 Å². The molecule has 101 valence electrons. The first kappa shape index (κ1) is 21.0. The van der Waals surface area contributed by atoms with Crippen LogP contribution < -0.4 is 0 Å². The van der Waals surface area contributed by atoms with Crippen molar-refractivity contribution in [1.29, 1.82) is 0 Å². The molecule has 6 nitrogen and oxygen atoms in total. The molecule has 11 heteroatoms. The van der Waals surface area contributed by atoms with E-state index in [-0.39, 0.29) is 0 Å². The van der Waals surface area contributed by atoms with Crippen LogP contribution >= 0.6 is 13.4 Å². The molecule has 1 aliphatic carbocycles. The maximum absolute atomic E-state index is 7.56. The summed E-state index contributed by atoms with van der Waals surface area (Å²) in [6.07, 6.45) is 7.63. The van der Waals surface area contributed by atoms with Gasteiger partial charge in [0.2, 0.25) is 0 Å². The molecule has 0 heterocycles. The van der Waals surface area contributed by atoms with Crippen molar-refractivity contribution in [3.63, 3.8) is 0 Å². The van der Waals surface area contributed by atoms with Gasteiger partial charge in [0.25, 0.3) is 0 Å². The molecule has 1 saturated carbocycles. The molecule has 0 saturated heterocycles. The fourth-order valence-corrected chi connectivity index (χ4v) is 2.40. The van der Waals surface area contributed by atoms with Crippen LogP contribution in [0.4, 0.5) is 0 Å². The molecule has 17 heavy (non-hydrogen) atoms. The van der Waals surface area contributed by atoms with Gasteiger partial charge in [-0.2, -0.15) is 0 Å². The van der Waals surface area contributed by atoms with E-state index in [1.807, 2.05) is 0 Å². The molecular formula is C6H17O6P2S2Zn. The summed E-state index contributed by atoms with van der Waals surface area (Å²) in [6.45, 7) is -7.61. The van der Waals surface area contributed by atoms with E-state index in [1.165, 1.54) is 19.3 Å². The van der Waals surface area contributed by atoms with Crippen molar-refractivity contribution in [2.75, 3.05) is 0 Å². The zero-order valence-corrected chi connectivity index (χ0v) is 15.6. The van der Waals surface area contributed by atoms with Gasteiger partial charge in [0.15, 0.2) is 0 Å². The Morgan fingerprint density at radius 3 is 1.12 bits per heavy atom. The molecule has 0 aliphatic heterocycles. The van der Waals surface area contributed by atoms with Crippen molar-refractivity contribution in [3.05, 3.63) is 0 Å². The Morgan fingerprint density at radius 1 is 0.765 bits per heavy atom. The molecule has 0 radical (unpaired) electrons. The Bertz CT molecular complexity index is 237.